The van der Waals surface area contributed by atoms with Crippen LogP contribution in [-0.4, -0.2) is 46.3 Å². The van der Waals surface area contributed by atoms with Gasteiger partial charge < -0.3 is 15.5 Å². The minimum Gasteiger partial charge on any atom is -0.380 e. The SMILES string of the molecule is C/C=C(\C=N)c1cc(-c2ccc(C3COC3)cn2)c2c(n1)SC(SC1CCC1)C2NC.CCC. The zero-order chi connectivity index (χ0) is 24.1. The Hall–Kier alpha value is -1.67. The summed E-state index contributed by atoms with van der Waals surface area (Å²) in [7, 11) is 2.05. The molecule has 5 rings (SSSR count). The monoisotopic (exact) mass is 496 g/mol. The van der Waals surface area contributed by atoms with Crippen molar-refractivity contribution >= 4 is 35.3 Å². The summed E-state index contributed by atoms with van der Waals surface area (Å²) in [5.74, 6) is 0.469. The number of pyridine rings is 2. The molecule has 3 aliphatic rings. The number of nitrogens with one attached hydrogen (secondary N) is 2. The van der Waals surface area contributed by atoms with Gasteiger partial charge in [-0.25, -0.2) is 4.98 Å². The van der Waals surface area contributed by atoms with Crippen LogP contribution in [0.3, 0.4) is 0 Å². The summed E-state index contributed by atoms with van der Waals surface area (Å²) in [4.78, 5) is 9.85. The second-order valence-electron chi connectivity index (χ2n) is 9.02. The van der Waals surface area contributed by atoms with E-state index in [1.54, 1.807) is 0 Å². The lowest BCUT2D eigenvalue weighted by Crippen LogP contribution is -2.26. The van der Waals surface area contributed by atoms with E-state index in [0.29, 0.717) is 10.5 Å². The standard InChI is InChI=1S/C24H28N4OS2.C3H8/c1-3-14(10-25)20-9-18(19-8-7-15(11-27-19)16-12-29-13-16)21-22(26-2)24(31-23(21)28-20)30-17-5-4-6-17;1-3-2/h3,7-11,16-17,22,24-26H,4-6,12-13H2,1-2H3;3H2,1-2H3/b14-3+,25-10?;. The highest BCUT2D eigenvalue weighted by molar-refractivity contribution is 8.17. The number of hydrogen-bond donors (Lipinski definition) is 2. The zero-order valence-electron chi connectivity index (χ0n) is 20.6. The Bertz CT molecular complexity index is 1020. The summed E-state index contributed by atoms with van der Waals surface area (Å²) in [6.07, 6.45) is 10.6. The molecule has 34 heavy (non-hydrogen) atoms. The Morgan fingerprint density at radius 1 is 1.29 bits per heavy atom. The topological polar surface area (TPSA) is 70.9 Å². The number of nitrogens with zero attached hydrogens (tertiary/aromatic N) is 2. The number of thioether (sulfide) groups is 2. The van der Waals surface area contributed by atoms with E-state index in [2.05, 4.69) is 56.2 Å². The summed E-state index contributed by atoms with van der Waals surface area (Å²) in [6.45, 7) is 7.79. The van der Waals surface area contributed by atoms with Gasteiger partial charge in [-0.2, -0.15) is 0 Å². The average Bonchev–Trinajstić information content (AvgIpc) is 3.14. The highest BCUT2D eigenvalue weighted by Gasteiger charge is 2.39. The molecule has 2 aromatic heterocycles. The van der Waals surface area contributed by atoms with Crippen molar-refractivity contribution in [3.05, 3.63) is 47.3 Å². The van der Waals surface area contributed by atoms with E-state index in [4.69, 9.17) is 20.1 Å². The lowest BCUT2D eigenvalue weighted by atomic mass is 9.96. The van der Waals surface area contributed by atoms with Crippen molar-refractivity contribution in [2.24, 2.45) is 0 Å². The van der Waals surface area contributed by atoms with Gasteiger partial charge in [0.2, 0.25) is 0 Å². The number of hydrogen-bond acceptors (Lipinski definition) is 7. The van der Waals surface area contributed by atoms with Gasteiger partial charge in [0.05, 0.1) is 35.2 Å². The van der Waals surface area contributed by atoms with E-state index >= 15 is 0 Å². The first kappa shape index (κ1) is 25.4. The van der Waals surface area contributed by atoms with Gasteiger partial charge in [-0.05, 0) is 44.5 Å². The van der Waals surface area contributed by atoms with Crippen LogP contribution in [0.4, 0.5) is 0 Å². The molecule has 1 saturated heterocycles. The van der Waals surface area contributed by atoms with Crippen molar-refractivity contribution in [1.29, 1.82) is 5.41 Å². The van der Waals surface area contributed by atoms with Gasteiger partial charge in [-0.1, -0.05) is 50.6 Å². The smallest absolute Gasteiger partial charge is 0.103 e. The van der Waals surface area contributed by atoms with Crippen molar-refractivity contribution in [3.63, 3.8) is 0 Å². The summed E-state index contributed by atoms with van der Waals surface area (Å²) in [5, 5.41) is 13.2. The third kappa shape index (κ3) is 5.27. The number of rotatable bonds is 7. The molecule has 7 heteroatoms. The van der Waals surface area contributed by atoms with E-state index in [1.165, 1.54) is 43.0 Å². The van der Waals surface area contributed by atoms with Crippen molar-refractivity contribution in [1.82, 2.24) is 15.3 Å². The Labute approximate surface area is 212 Å². The van der Waals surface area contributed by atoms with Gasteiger partial charge in [0, 0.05) is 40.3 Å². The minimum absolute atomic E-state index is 0.234. The van der Waals surface area contributed by atoms with Crippen LogP contribution in [0.25, 0.3) is 16.8 Å². The fourth-order valence-electron chi connectivity index (χ4n) is 4.22. The van der Waals surface area contributed by atoms with Crippen LogP contribution < -0.4 is 5.32 Å². The molecule has 2 fully saturated rings. The van der Waals surface area contributed by atoms with Crippen molar-refractivity contribution < 1.29 is 4.74 Å². The normalized spacial score (nSPS) is 22.3. The molecule has 4 heterocycles. The number of allylic oxidation sites excluding steroid dienone is 2. The molecule has 2 N–H and O–H groups in total. The van der Waals surface area contributed by atoms with Crippen LogP contribution >= 0.6 is 23.5 Å². The molecule has 2 unspecified atom stereocenters. The van der Waals surface area contributed by atoms with Gasteiger partial charge >= 0.3 is 0 Å². The Morgan fingerprint density at radius 3 is 2.56 bits per heavy atom. The van der Waals surface area contributed by atoms with Gasteiger partial charge in [0.1, 0.15) is 5.03 Å². The first-order chi connectivity index (χ1) is 16.6. The number of ether oxygens (including phenoxy) is 1. The zero-order valence-corrected chi connectivity index (χ0v) is 22.3. The largest absolute Gasteiger partial charge is 0.380 e. The molecule has 2 aliphatic heterocycles. The summed E-state index contributed by atoms with van der Waals surface area (Å²) in [5.41, 5.74) is 6.28. The van der Waals surface area contributed by atoms with Crippen LogP contribution in [0.1, 0.15) is 75.2 Å². The highest BCUT2D eigenvalue weighted by atomic mass is 32.2. The summed E-state index contributed by atoms with van der Waals surface area (Å²) >= 11 is 3.97. The molecule has 0 radical (unpaired) electrons. The number of aromatic nitrogens is 2. The third-order valence-electron chi connectivity index (χ3n) is 6.46. The maximum absolute atomic E-state index is 7.83. The molecule has 0 aromatic carbocycles. The lowest BCUT2D eigenvalue weighted by Gasteiger charge is -2.29. The minimum atomic E-state index is 0.234. The van der Waals surface area contributed by atoms with Crippen LogP contribution in [0.2, 0.25) is 0 Å². The Kier molecular flexibility index (Phi) is 8.86. The molecule has 0 amide bonds. The summed E-state index contributed by atoms with van der Waals surface area (Å²) in [6, 6.07) is 6.68. The lowest BCUT2D eigenvalue weighted by molar-refractivity contribution is 0.00830. The second-order valence-corrected chi connectivity index (χ2v) is 11.9. The fraction of sp³-hybridized carbons (Fsp3) is 0.519. The van der Waals surface area contributed by atoms with Gasteiger partial charge in [0.25, 0.3) is 0 Å². The molecule has 2 aromatic rings. The molecular formula is C27H36N4OS2. The number of fused-ring (bicyclic) bond motifs is 1. The predicted molar refractivity (Wildman–Crippen MR) is 146 cm³/mol. The van der Waals surface area contributed by atoms with Crippen LogP contribution in [0.15, 0.2) is 35.5 Å². The van der Waals surface area contributed by atoms with E-state index in [-0.39, 0.29) is 6.04 Å². The Morgan fingerprint density at radius 2 is 2.06 bits per heavy atom. The van der Waals surface area contributed by atoms with Gasteiger partial charge in [-0.3, -0.25) is 4.98 Å². The molecule has 5 nitrogen and oxygen atoms in total. The molecule has 1 saturated carbocycles. The average molecular weight is 497 g/mol. The van der Waals surface area contributed by atoms with Crippen molar-refractivity contribution in [2.45, 2.75) is 73.3 Å². The molecule has 2 atom stereocenters. The van der Waals surface area contributed by atoms with Crippen LogP contribution in [0, 0.1) is 5.41 Å². The van der Waals surface area contributed by atoms with E-state index in [1.807, 2.05) is 31.0 Å². The van der Waals surface area contributed by atoms with Crippen molar-refractivity contribution in [2.75, 3.05) is 20.3 Å². The fourth-order valence-corrected chi connectivity index (χ4v) is 7.74. The second kappa shape index (κ2) is 11.8. The maximum Gasteiger partial charge on any atom is 0.103 e. The van der Waals surface area contributed by atoms with Gasteiger partial charge in [0.15, 0.2) is 0 Å². The predicted octanol–water partition coefficient (Wildman–Crippen LogP) is 6.70. The van der Waals surface area contributed by atoms with Crippen LogP contribution in [0.5, 0.6) is 0 Å². The van der Waals surface area contributed by atoms with E-state index in [9.17, 15) is 0 Å². The molecular weight excluding hydrogens is 460 g/mol. The molecule has 1 aliphatic carbocycles. The quantitative estimate of drug-likeness (QED) is 0.415. The molecule has 0 spiro atoms. The van der Waals surface area contributed by atoms with Gasteiger partial charge in [-0.15, -0.1) is 11.8 Å². The molecule has 0 bridgehead atoms. The first-order valence-corrected chi connectivity index (χ1v) is 14.2. The molecule has 182 valence electrons. The summed E-state index contributed by atoms with van der Waals surface area (Å²) < 4.78 is 5.75. The Balaban J connectivity index is 0.000000868. The first-order valence-electron chi connectivity index (χ1n) is 12.4. The van der Waals surface area contributed by atoms with E-state index in [0.717, 1.165) is 46.0 Å². The highest BCUT2D eigenvalue weighted by Crippen LogP contribution is 2.54. The van der Waals surface area contributed by atoms with Crippen LogP contribution in [-0.2, 0) is 4.74 Å². The van der Waals surface area contributed by atoms with E-state index < -0.39 is 0 Å². The van der Waals surface area contributed by atoms with Crippen molar-refractivity contribution in [3.8, 4) is 11.3 Å². The third-order valence-corrected chi connectivity index (χ3v) is 9.52. The maximum atomic E-state index is 7.83.